The number of carbonyl (C=O) groups excluding carboxylic acids is 1. The molecule has 1 aliphatic rings. The lowest BCUT2D eigenvalue weighted by atomic mass is 9.96. The third-order valence-corrected chi connectivity index (χ3v) is 7.58. The number of sulfonamides is 1. The zero-order valence-electron chi connectivity index (χ0n) is 15.2. The molecular weight excluding hydrogens is 428 g/mol. The average molecular weight is 451 g/mol. The summed E-state index contributed by atoms with van der Waals surface area (Å²) in [4.78, 5) is 12.7. The lowest BCUT2D eigenvalue weighted by molar-refractivity contribution is 0.102. The molecule has 27 heavy (non-hydrogen) atoms. The summed E-state index contributed by atoms with van der Waals surface area (Å²) in [5.41, 5.74) is 0.943. The van der Waals surface area contributed by atoms with Crippen LogP contribution in [-0.2, 0) is 10.0 Å². The number of rotatable bonds is 5. The highest BCUT2D eigenvalue weighted by molar-refractivity contribution is 9.10. The van der Waals surface area contributed by atoms with Gasteiger partial charge in [-0.3, -0.25) is 4.79 Å². The highest BCUT2D eigenvalue weighted by atomic mass is 79.9. The van der Waals surface area contributed by atoms with Crippen molar-refractivity contribution in [3.63, 3.8) is 0 Å². The van der Waals surface area contributed by atoms with Crippen LogP contribution in [0.3, 0.4) is 0 Å². The van der Waals surface area contributed by atoms with Crippen molar-refractivity contribution in [2.45, 2.75) is 43.0 Å². The van der Waals surface area contributed by atoms with Gasteiger partial charge < -0.3 is 5.32 Å². The molecule has 1 fully saturated rings. The van der Waals surface area contributed by atoms with E-state index in [0.717, 1.165) is 36.6 Å². The highest BCUT2D eigenvalue weighted by Gasteiger charge is 2.29. The Balaban J connectivity index is 1.82. The van der Waals surface area contributed by atoms with Crippen LogP contribution in [0, 0.1) is 0 Å². The molecule has 1 amide bonds. The third-order valence-electron chi connectivity index (χ3n) is 4.98. The first-order valence-electron chi connectivity index (χ1n) is 9.03. The van der Waals surface area contributed by atoms with Crippen LogP contribution in [0.4, 0.5) is 5.69 Å². The van der Waals surface area contributed by atoms with Crippen LogP contribution >= 0.6 is 15.9 Å². The molecule has 0 aromatic heterocycles. The van der Waals surface area contributed by atoms with Gasteiger partial charge in [-0.2, -0.15) is 4.31 Å². The maximum Gasteiger partial charge on any atom is 0.255 e. The van der Waals surface area contributed by atoms with Crippen molar-refractivity contribution >= 4 is 37.5 Å². The maximum atomic E-state index is 13.0. The average Bonchev–Trinajstić information content (AvgIpc) is 2.70. The molecule has 0 aliphatic heterocycles. The Kier molecular flexibility index (Phi) is 6.34. The van der Waals surface area contributed by atoms with Gasteiger partial charge in [0, 0.05) is 23.1 Å². The molecule has 1 saturated carbocycles. The number of carbonyl (C=O) groups is 1. The molecule has 0 atom stereocenters. The van der Waals surface area contributed by atoms with Gasteiger partial charge in [-0.25, -0.2) is 8.42 Å². The summed E-state index contributed by atoms with van der Waals surface area (Å²) in [5, 5.41) is 2.80. The molecule has 1 aliphatic carbocycles. The predicted molar refractivity (Wildman–Crippen MR) is 110 cm³/mol. The normalized spacial score (nSPS) is 15.7. The van der Waals surface area contributed by atoms with Crippen molar-refractivity contribution in [3.05, 3.63) is 58.6 Å². The lowest BCUT2D eigenvalue weighted by Crippen LogP contribution is -2.38. The molecule has 0 heterocycles. The van der Waals surface area contributed by atoms with Gasteiger partial charge in [-0.1, -0.05) is 37.5 Å². The van der Waals surface area contributed by atoms with Crippen LogP contribution in [-0.4, -0.2) is 31.7 Å². The van der Waals surface area contributed by atoms with E-state index in [9.17, 15) is 13.2 Å². The molecule has 5 nitrogen and oxygen atoms in total. The van der Waals surface area contributed by atoms with Crippen molar-refractivity contribution in [2.75, 3.05) is 12.4 Å². The molecule has 0 unspecified atom stereocenters. The number of nitrogens with one attached hydrogen (secondary N) is 1. The Hall–Kier alpha value is -1.70. The van der Waals surface area contributed by atoms with Gasteiger partial charge in [0.05, 0.1) is 10.6 Å². The minimum absolute atomic E-state index is 0.0292. The largest absolute Gasteiger partial charge is 0.321 e. The van der Waals surface area contributed by atoms with Crippen LogP contribution in [0.15, 0.2) is 57.9 Å². The summed E-state index contributed by atoms with van der Waals surface area (Å²) in [5.74, 6) is -0.348. The first-order chi connectivity index (χ1) is 12.9. The number of hydrogen-bond donors (Lipinski definition) is 1. The van der Waals surface area contributed by atoms with Gasteiger partial charge in [0.2, 0.25) is 10.0 Å². The Labute approximate surface area is 169 Å². The monoisotopic (exact) mass is 450 g/mol. The first kappa shape index (κ1) is 20.0. The number of para-hydroxylation sites is 1. The van der Waals surface area contributed by atoms with Crippen LogP contribution in [0.5, 0.6) is 0 Å². The van der Waals surface area contributed by atoms with Crippen molar-refractivity contribution in [1.82, 2.24) is 4.31 Å². The van der Waals surface area contributed by atoms with Gasteiger partial charge >= 0.3 is 0 Å². The summed E-state index contributed by atoms with van der Waals surface area (Å²) < 4.78 is 28.2. The molecule has 0 radical (unpaired) electrons. The van der Waals surface area contributed by atoms with Crippen LogP contribution in [0.1, 0.15) is 42.5 Å². The zero-order chi connectivity index (χ0) is 19.4. The second kappa shape index (κ2) is 8.54. The summed E-state index contributed by atoms with van der Waals surface area (Å²) in [7, 11) is -1.99. The zero-order valence-corrected chi connectivity index (χ0v) is 17.6. The molecule has 0 bridgehead atoms. The first-order valence-corrected chi connectivity index (χ1v) is 11.3. The Morgan fingerprint density at radius 3 is 2.48 bits per heavy atom. The summed E-state index contributed by atoms with van der Waals surface area (Å²) in [6, 6.07) is 13.5. The maximum absolute atomic E-state index is 13.0. The van der Waals surface area contributed by atoms with Gasteiger partial charge in [0.1, 0.15) is 0 Å². The second-order valence-corrected chi connectivity index (χ2v) is 9.63. The van der Waals surface area contributed by atoms with E-state index in [0.29, 0.717) is 11.3 Å². The molecule has 0 spiro atoms. The highest BCUT2D eigenvalue weighted by Crippen LogP contribution is 2.27. The second-order valence-electron chi connectivity index (χ2n) is 6.77. The van der Waals surface area contributed by atoms with E-state index >= 15 is 0 Å². The molecule has 1 N–H and O–H groups in total. The molecule has 2 aromatic rings. The van der Waals surface area contributed by atoms with E-state index in [1.807, 2.05) is 18.2 Å². The van der Waals surface area contributed by atoms with E-state index in [2.05, 4.69) is 21.2 Å². The smallest absolute Gasteiger partial charge is 0.255 e. The minimum atomic E-state index is -3.63. The number of nitrogens with zero attached hydrogens (tertiary/aromatic N) is 1. The molecular formula is C20H23BrN2O3S. The summed E-state index contributed by atoms with van der Waals surface area (Å²) in [6.07, 6.45) is 5.04. The molecule has 7 heteroatoms. The van der Waals surface area contributed by atoms with E-state index in [1.54, 1.807) is 31.3 Å². The number of amides is 1. The van der Waals surface area contributed by atoms with Crippen LogP contribution in [0.25, 0.3) is 0 Å². The van der Waals surface area contributed by atoms with Crippen molar-refractivity contribution < 1.29 is 13.2 Å². The van der Waals surface area contributed by atoms with Crippen LogP contribution < -0.4 is 5.32 Å². The summed E-state index contributed by atoms with van der Waals surface area (Å²) in [6.45, 7) is 0. The fraction of sp³-hybridized carbons (Fsp3) is 0.350. The minimum Gasteiger partial charge on any atom is -0.321 e. The van der Waals surface area contributed by atoms with Crippen LogP contribution in [0.2, 0.25) is 0 Å². The molecule has 144 valence electrons. The van der Waals surface area contributed by atoms with Gasteiger partial charge in [0.25, 0.3) is 5.91 Å². The number of anilines is 1. The van der Waals surface area contributed by atoms with E-state index in [-0.39, 0.29) is 16.8 Å². The lowest BCUT2D eigenvalue weighted by Gasteiger charge is -2.30. The van der Waals surface area contributed by atoms with Crippen molar-refractivity contribution in [2.24, 2.45) is 0 Å². The van der Waals surface area contributed by atoms with E-state index in [1.165, 1.54) is 10.4 Å². The Morgan fingerprint density at radius 2 is 1.78 bits per heavy atom. The summed E-state index contributed by atoms with van der Waals surface area (Å²) >= 11 is 3.39. The SMILES string of the molecule is CN(C1CCCCC1)S(=O)(=O)c1cccc(C(=O)Nc2ccccc2Br)c1. The third kappa shape index (κ3) is 4.59. The molecule has 0 saturated heterocycles. The number of hydrogen-bond acceptors (Lipinski definition) is 3. The fourth-order valence-electron chi connectivity index (χ4n) is 3.36. The standard InChI is InChI=1S/C20H23BrN2O3S/c1-23(16-9-3-2-4-10-16)27(25,26)17-11-7-8-15(14-17)20(24)22-19-13-6-5-12-18(19)21/h5-8,11-14,16H,2-4,9-10H2,1H3,(H,22,24). The molecule has 2 aromatic carbocycles. The predicted octanol–water partition coefficient (Wildman–Crippen LogP) is 4.65. The van der Waals surface area contributed by atoms with Gasteiger partial charge in [0.15, 0.2) is 0 Å². The number of benzene rings is 2. The Morgan fingerprint density at radius 1 is 1.07 bits per heavy atom. The fourth-order valence-corrected chi connectivity index (χ4v) is 5.21. The topological polar surface area (TPSA) is 66.5 Å². The molecule has 3 rings (SSSR count). The van der Waals surface area contributed by atoms with Crippen molar-refractivity contribution in [1.29, 1.82) is 0 Å². The van der Waals surface area contributed by atoms with Gasteiger partial charge in [-0.05, 0) is 59.1 Å². The Bertz CT molecular complexity index is 924. The quantitative estimate of drug-likeness (QED) is 0.720. The van der Waals surface area contributed by atoms with E-state index < -0.39 is 10.0 Å². The van der Waals surface area contributed by atoms with Crippen molar-refractivity contribution in [3.8, 4) is 0 Å². The van der Waals surface area contributed by atoms with E-state index in [4.69, 9.17) is 0 Å². The number of halogens is 1. The van der Waals surface area contributed by atoms with Gasteiger partial charge in [-0.15, -0.1) is 0 Å².